The predicted molar refractivity (Wildman–Crippen MR) is 122 cm³/mol. The standard InChI is InChI=1S/C13H9.C12H7BrN.2ClH.S.Zr/c1-3-7-12-10(5-1)9-11-6-2-4-8-13(11)12;13-10-1-2-11-9(6-10)5-8-3-4-14-7-12(8)11;;;;/h1-5,7-8H,9H2;1-4,7H,5H2;2*1H;;/q;;;;;+2/p-2. The molecule has 0 fully saturated rings. The molecule has 4 aromatic rings. The fraction of sp³-hybridized carbons (Fsp3) is 0.0800. The Labute approximate surface area is 213 Å². The Kier molecular flexibility index (Phi) is 6.78. The van der Waals surface area contributed by atoms with Crippen LogP contribution in [0.4, 0.5) is 0 Å². The van der Waals surface area contributed by atoms with Crippen LogP contribution in [0.1, 0.15) is 22.3 Å². The summed E-state index contributed by atoms with van der Waals surface area (Å²) >= 11 is 1.37. The number of nitrogens with zero attached hydrogens (tertiary/aromatic N) is 1. The number of benzene rings is 3. The average Bonchev–Trinajstić information content (AvgIpc) is 3.31. The summed E-state index contributed by atoms with van der Waals surface area (Å²) in [6.07, 6.45) is 5.88. The molecule has 0 bridgehead atoms. The normalized spacial score (nSPS) is 11.7. The van der Waals surface area contributed by atoms with Gasteiger partial charge in [-0.15, -0.1) is 0 Å². The Morgan fingerprint density at radius 3 is 2.32 bits per heavy atom. The van der Waals surface area contributed by atoms with Crippen molar-refractivity contribution >= 4 is 31.3 Å². The zero-order valence-electron chi connectivity index (χ0n) is 16.3. The molecule has 1 aromatic heterocycles. The summed E-state index contributed by atoms with van der Waals surface area (Å²) in [6, 6.07) is 22.1. The van der Waals surface area contributed by atoms with Crippen LogP contribution >= 0.6 is 24.8 Å². The maximum absolute atomic E-state index is 6.41. The van der Waals surface area contributed by atoms with Gasteiger partial charge in [0.15, 0.2) is 0 Å². The summed E-state index contributed by atoms with van der Waals surface area (Å²) < 4.78 is 4.08. The zero-order chi connectivity index (χ0) is 19.5. The van der Waals surface area contributed by atoms with Gasteiger partial charge < -0.3 is 24.8 Å². The van der Waals surface area contributed by atoms with Crippen LogP contribution < -0.4 is 31.4 Å². The quantitative estimate of drug-likeness (QED) is 0.269. The van der Waals surface area contributed by atoms with Gasteiger partial charge in [-0.2, -0.15) is 0 Å². The van der Waals surface area contributed by atoms with Gasteiger partial charge in [-0.1, -0.05) is 0 Å². The third kappa shape index (κ3) is 3.65. The second-order valence-corrected chi connectivity index (χ2v) is 15.1. The second-order valence-electron chi connectivity index (χ2n) is 7.65. The van der Waals surface area contributed by atoms with Crippen molar-refractivity contribution in [3.8, 4) is 22.3 Å². The minimum atomic E-state index is -2.50. The van der Waals surface area contributed by atoms with Crippen molar-refractivity contribution in [2.75, 3.05) is 0 Å². The Balaban J connectivity index is 0.00000116. The van der Waals surface area contributed by atoms with Gasteiger partial charge in [-0.3, -0.25) is 0 Å². The van der Waals surface area contributed by atoms with Gasteiger partial charge in [0, 0.05) is 0 Å². The van der Waals surface area contributed by atoms with Gasteiger partial charge in [0.25, 0.3) is 0 Å². The molecule has 1 heterocycles. The van der Waals surface area contributed by atoms with E-state index in [9.17, 15) is 0 Å². The molecule has 152 valence electrons. The summed E-state index contributed by atoms with van der Waals surface area (Å²) in [5.41, 5.74) is 11.1. The second kappa shape index (κ2) is 9.08. The molecule has 6 heteroatoms. The Morgan fingerprint density at radius 1 is 0.742 bits per heavy atom. The molecule has 2 aliphatic carbocycles. The Bertz CT molecular complexity index is 1360. The molecule has 0 N–H and O–H groups in total. The van der Waals surface area contributed by atoms with E-state index in [2.05, 4.69) is 81.6 Å². The minimum absolute atomic E-state index is 0. The van der Waals surface area contributed by atoms with E-state index in [1.165, 1.54) is 55.5 Å². The predicted octanol–water partition coefficient (Wildman–Crippen LogP) is -0.324. The number of halogens is 3. The van der Waals surface area contributed by atoms with E-state index in [0.29, 0.717) is 0 Å². The number of fused-ring (bicyclic) bond motifs is 6. The van der Waals surface area contributed by atoms with E-state index in [4.69, 9.17) is 8.86 Å². The summed E-state index contributed by atoms with van der Waals surface area (Å²) in [6.45, 7) is 0. The molecular formula is C25H16BrCl2NSZr. The number of aromatic nitrogens is 1. The molecule has 0 spiro atoms. The molecule has 0 amide bonds. The number of pyridine rings is 1. The third-order valence-corrected chi connectivity index (χ3v) is 15.1. The summed E-state index contributed by atoms with van der Waals surface area (Å²) in [5.74, 6) is 0. The van der Waals surface area contributed by atoms with Gasteiger partial charge in [0.2, 0.25) is 0 Å². The molecule has 2 aliphatic rings. The maximum atomic E-state index is 6.41. The first kappa shape index (κ1) is 23.1. The van der Waals surface area contributed by atoms with Crippen molar-refractivity contribution in [2.45, 2.75) is 12.8 Å². The monoisotopic (exact) mass is 601 g/mol. The molecular weight excluding hydrogens is 588 g/mol. The first-order valence-corrected chi connectivity index (χ1v) is 16.4. The van der Waals surface area contributed by atoms with E-state index >= 15 is 0 Å². The van der Waals surface area contributed by atoms with Crippen LogP contribution in [0.2, 0.25) is 0 Å². The van der Waals surface area contributed by atoms with Crippen LogP contribution in [0.3, 0.4) is 0 Å². The molecule has 3 aromatic carbocycles. The van der Waals surface area contributed by atoms with Crippen LogP contribution in [0.5, 0.6) is 0 Å². The fourth-order valence-corrected chi connectivity index (χ4v) is 14.1. The molecule has 31 heavy (non-hydrogen) atoms. The van der Waals surface area contributed by atoms with Crippen LogP contribution in [-0.2, 0) is 32.6 Å². The van der Waals surface area contributed by atoms with Crippen LogP contribution in [0, 0.1) is 0 Å². The zero-order valence-corrected chi connectivity index (χ0v) is 22.7. The summed E-state index contributed by atoms with van der Waals surface area (Å²) in [4.78, 5) is 4.36. The Hall–Kier alpha value is -1.03. The van der Waals surface area contributed by atoms with Crippen LogP contribution in [0.25, 0.3) is 22.3 Å². The van der Waals surface area contributed by atoms with Gasteiger partial charge in [-0.25, -0.2) is 0 Å². The fourth-order valence-electron chi connectivity index (χ4n) is 4.82. The van der Waals surface area contributed by atoms with E-state index in [1.54, 1.807) is 0 Å². The number of rotatable bonds is 2. The molecule has 6 rings (SSSR count). The molecule has 0 saturated heterocycles. The Morgan fingerprint density at radius 2 is 1.45 bits per heavy atom. The number of hydrogen-bond donors (Lipinski definition) is 0. The van der Waals surface area contributed by atoms with Crippen molar-refractivity contribution in [3.63, 3.8) is 0 Å². The molecule has 1 nitrogen and oxygen atoms in total. The van der Waals surface area contributed by atoms with E-state index in [0.717, 1.165) is 12.8 Å². The van der Waals surface area contributed by atoms with Crippen molar-refractivity contribution in [1.82, 2.24) is 4.98 Å². The number of hydrogen-bond acceptors (Lipinski definition) is 2. The topological polar surface area (TPSA) is 12.9 Å². The van der Waals surface area contributed by atoms with E-state index in [1.807, 2.05) is 12.4 Å². The molecule has 0 atom stereocenters. The van der Waals surface area contributed by atoms with Crippen molar-refractivity contribution in [3.05, 3.63) is 99.8 Å². The first-order valence-electron chi connectivity index (χ1n) is 9.72. The van der Waals surface area contributed by atoms with E-state index in [-0.39, 0.29) is 24.8 Å². The van der Waals surface area contributed by atoms with Gasteiger partial charge in [-0.05, 0) is 0 Å². The van der Waals surface area contributed by atoms with Crippen LogP contribution in [0.15, 0.2) is 77.5 Å². The molecule has 0 unspecified atom stereocenters. The average molecular weight is 605 g/mol. The molecule has 0 aliphatic heterocycles. The summed E-state index contributed by atoms with van der Waals surface area (Å²) in [5, 5.41) is 0. The first-order chi connectivity index (χ1) is 14.2. The third-order valence-electron chi connectivity index (χ3n) is 6.15. The summed E-state index contributed by atoms with van der Waals surface area (Å²) in [7, 11) is 6.41. The van der Waals surface area contributed by atoms with Gasteiger partial charge in [0.1, 0.15) is 0 Å². The van der Waals surface area contributed by atoms with Gasteiger partial charge in [0.05, 0.1) is 0 Å². The van der Waals surface area contributed by atoms with Crippen molar-refractivity contribution in [1.29, 1.82) is 0 Å². The van der Waals surface area contributed by atoms with E-state index < -0.39 is 19.7 Å². The van der Waals surface area contributed by atoms with Gasteiger partial charge >= 0.3 is 191 Å². The van der Waals surface area contributed by atoms with Crippen molar-refractivity contribution < 1.29 is 44.5 Å². The molecule has 0 radical (unpaired) electrons. The van der Waals surface area contributed by atoms with Crippen molar-refractivity contribution in [2.24, 2.45) is 0 Å². The SMILES string of the molecule is [Cl-].[Cl-].[S]=[Zr+2]([c]1cccc2c1Cc1ccccc1-2)[c]1c(Br)ccc2c1Cc1ccncc1-2. The molecule has 0 saturated carbocycles. The van der Waals surface area contributed by atoms with Crippen LogP contribution in [-0.4, -0.2) is 4.98 Å².